The number of hydrogen-bond donors (Lipinski definition) is 1. The molecule has 0 atom stereocenters. The molecule has 0 saturated carbocycles. The van der Waals surface area contributed by atoms with Gasteiger partial charge in [-0.2, -0.15) is 0 Å². The van der Waals surface area contributed by atoms with Crippen LogP contribution >= 0.6 is 23.2 Å². The lowest BCUT2D eigenvalue weighted by atomic mass is 10.1. The lowest BCUT2D eigenvalue weighted by Gasteiger charge is -2.11. The molecular formula is C13H11Cl2N3O. The number of hydrogen-bond acceptors (Lipinski definition) is 3. The number of carbonyl (C=O) groups is 1. The first-order valence-corrected chi connectivity index (χ1v) is 6.54. The summed E-state index contributed by atoms with van der Waals surface area (Å²) in [7, 11) is 2.05. The molecule has 0 radical (unpaired) electrons. The minimum atomic E-state index is 0.320. The number of aromatic nitrogens is 1. The van der Waals surface area contributed by atoms with Crippen LogP contribution in [0.1, 0.15) is 11.1 Å². The van der Waals surface area contributed by atoms with Gasteiger partial charge in [-0.25, -0.2) is 0 Å². The molecule has 1 aliphatic heterocycles. The van der Waals surface area contributed by atoms with Gasteiger partial charge < -0.3 is 5.32 Å². The summed E-state index contributed by atoms with van der Waals surface area (Å²) in [5.41, 5.74) is 3.57. The van der Waals surface area contributed by atoms with Crippen molar-refractivity contribution < 1.29 is 4.79 Å². The Bertz CT molecular complexity index is 687. The number of pyridine rings is 1. The molecule has 1 N–H and O–H groups in total. The Morgan fingerprint density at radius 1 is 1.37 bits per heavy atom. The van der Waals surface area contributed by atoms with Crippen molar-refractivity contribution in [1.82, 2.24) is 9.88 Å². The van der Waals surface area contributed by atoms with Crippen molar-refractivity contribution in [1.29, 1.82) is 0 Å². The fourth-order valence-electron chi connectivity index (χ4n) is 2.47. The fourth-order valence-corrected chi connectivity index (χ4v) is 2.93. The summed E-state index contributed by atoms with van der Waals surface area (Å²) >= 11 is 12.4. The predicted molar refractivity (Wildman–Crippen MR) is 76.6 cm³/mol. The molecule has 1 aliphatic rings. The maximum Gasteiger partial charge on any atom is 0.211 e. The number of nitrogens with one attached hydrogen (secondary N) is 1. The summed E-state index contributed by atoms with van der Waals surface area (Å²) < 4.78 is 0. The van der Waals surface area contributed by atoms with Crippen LogP contribution in [0.2, 0.25) is 10.0 Å². The second-order valence-electron chi connectivity index (χ2n) is 4.64. The summed E-state index contributed by atoms with van der Waals surface area (Å²) in [6.07, 6.45) is 2.43. The molecular weight excluding hydrogens is 285 g/mol. The van der Waals surface area contributed by atoms with Crippen molar-refractivity contribution in [2.24, 2.45) is 0 Å². The quantitative estimate of drug-likeness (QED) is 0.866. The van der Waals surface area contributed by atoms with E-state index in [4.69, 9.17) is 23.2 Å². The van der Waals surface area contributed by atoms with E-state index in [0.717, 1.165) is 18.5 Å². The number of amides is 1. The molecule has 0 fully saturated rings. The van der Waals surface area contributed by atoms with Crippen LogP contribution in [0.5, 0.6) is 0 Å². The van der Waals surface area contributed by atoms with Gasteiger partial charge in [-0.05, 0) is 24.2 Å². The molecule has 0 unspecified atom stereocenters. The zero-order valence-corrected chi connectivity index (χ0v) is 11.7. The van der Waals surface area contributed by atoms with Gasteiger partial charge in [0.05, 0.1) is 21.2 Å². The van der Waals surface area contributed by atoms with E-state index in [1.807, 2.05) is 19.3 Å². The molecule has 2 aromatic rings. The molecule has 0 spiro atoms. The third-order valence-corrected chi connectivity index (χ3v) is 4.18. The monoisotopic (exact) mass is 295 g/mol. The van der Waals surface area contributed by atoms with Crippen molar-refractivity contribution >= 4 is 46.2 Å². The van der Waals surface area contributed by atoms with Crippen LogP contribution in [0.4, 0.5) is 5.69 Å². The van der Waals surface area contributed by atoms with E-state index in [2.05, 4.69) is 15.2 Å². The highest BCUT2D eigenvalue weighted by molar-refractivity contribution is 6.47. The molecule has 1 aromatic heterocycles. The maximum absolute atomic E-state index is 10.6. The molecule has 2 heterocycles. The van der Waals surface area contributed by atoms with E-state index < -0.39 is 0 Å². The predicted octanol–water partition coefficient (Wildman–Crippen LogP) is 3.06. The molecule has 4 nitrogen and oxygen atoms in total. The Hall–Kier alpha value is -1.36. The van der Waals surface area contributed by atoms with Crippen LogP contribution in [-0.2, 0) is 17.9 Å². The first-order chi connectivity index (χ1) is 9.11. The summed E-state index contributed by atoms with van der Waals surface area (Å²) in [5.74, 6) is 0. The van der Waals surface area contributed by atoms with Crippen LogP contribution in [0.3, 0.4) is 0 Å². The molecule has 98 valence electrons. The minimum Gasteiger partial charge on any atom is -0.327 e. The first-order valence-electron chi connectivity index (χ1n) is 5.79. The van der Waals surface area contributed by atoms with Crippen LogP contribution in [-0.4, -0.2) is 23.3 Å². The molecule has 0 aliphatic carbocycles. The minimum absolute atomic E-state index is 0.320. The van der Waals surface area contributed by atoms with Crippen molar-refractivity contribution in [2.75, 3.05) is 12.4 Å². The number of rotatable bonds is 2. The fraction of sp³-hybridized carbons (Fsp3) is 0.231. The van der Waals surface area contributed by atoms with Gasteiger partial charge in [0.15, 0.2) is 0 Å². The maximum atomic E-state index is 10.6. The zero-order valence-electron chi connectivity index (χ0n) is 10.2. The van der Waals surface area contributed by atoms with E-state index in [9.17, 15) is 4.79 Å². The first kappa shape index (κ1) is 12.7. The van der Waals surface area contributed by atoms with Crippen LogP contribution in [0, 0.1) is 0 Å². The van der Waals surface area contributed by atoms with Crippen LogP contribution in [0.15, 0.2) is 12.3 Å². The number of halogens is 2. The van der Waals surface area contributed by atoms with Crippen LogP contribution < -0.4 is 5.32 Å². The summed E-state index contributed by atoms with van der Waals surface area (Å²) in [6, 6.07) is 1.84. The van der Waals surface area contributed by atoms with Gasteiger partial charge >= 0.3 is 0 Å². The second kappa shape index (κ2) is 4.63. The average Bonchev–Trinajstić information content (AvgIpc) is 2.76. The Labute approximate surface area is 120 Å². The Balaban J connectivity index is 2.32. The molecule has 3 rings (SSSR count). The second-order valence-corrected chi connectivity index (χ2v) is 5.40. The van der Waals surface area contributed by atoms with Crippen molar-refractivity contribution in [2.45, 2.75) is 13.1 Å². The normalized spacial score (nSPS) is 14.7. The average molecular weight is 296 g/mol. The van der Waals surface area contributed by atoms with Crippen molar-refractivity contribution in [3.05, 3.63) is 33.4 Å². The summed E-state index contributed by atoms with van der Waals surface area (Å²) in [5, 5.41) is 4.21. The Kier molecular flexibility index (Phi) is 3.09. The van der Waals surface area contributed by atoms with E-state index in [-0.39, 0.29) is 0 Å². The van der Waals surface area contributed by atoms with Crippen LogP contribution in [0.25, 0.3) is 10.9 Å². The summed E-state index contributed by atoms with van der Waals surface area (Å²) in [4.78, 5) is 17.2. The van der Waals surface area contributed by atoms with Gasteiger partial charge in [0, 0.05) is 24.7 Å². The number of benzene rings is 1. The standard InChI is InChI=1S/C13H11Cl2N3O/c1-18-4-7-3-16-13-8(9(7)5-18)2-10(17-6-19)11(14)12(13)15/h2-3,6H,4-5H2,1H3,(H,17,19). The molecule has 19 heavy (non-hydrogen) atoms. The van der Waals surface area contributed by atoms with Gasteiger partial charge in [-0.15, -0.1) is 0 Å². The lowest BCUT2D eigenvalue weighted by Crippen LogP contribution is -2.07. The molecule has 1 aromatic carbocycles. The SMILES string of the molecule is CN1Cc2cnc3c(Cl)c(Cl)c(NC=O)cc3c2C1. The zero-order chi connectivity index (χ0) is 13.6. The van der Waals surface area contributed by atoms with Gasteiger partial charge in [0.1, 0.15) is 0 Å². The lowest BCUT2D eigenvalue weighted by molar-refractivity contribution is -0.105. The van der Waals surface area contributed by atoms with Gasteiger partial charge in [0.2, 0.25) is 6.41 Å². The molecule has 0 bridgehead atoms. The third kappa shape index (κ3) is 1.96. The molecule has 1 amide bonds. The highest BCUT2D eigenvalue weighted by Gasteiger charge is 2.21. The molecule has 0 saturated heterocycles. The Morgan fingerprint density at radius 3 is 2.89 bits per heavy atom. The van der Waals surface area contributed by atoms with Crippen molar-refractivity contribution in [3.8, 4) is 0 Å². The van der Waals surface area contributed by atoms with E-state index in [1.54, 1.807) is 0 Å². The smallest absolute Gasteiger partial charge is 0.211 e. The number of anilines is 1. The molecule has 6 heteroatoms. The van der Waals surface area contributed by atoms with E-state index in [0.29, 0.717) is 27.7 Å². The highest BCUT2D eigenvalue weighted by Crippen LogP contribution is 2.39. The Morgan fingerprint density at radius 2 is 2.16 bits per heavy atom. The van der Waals surface area contributed by atoms with Gasteiger partial charge in [-0.1, -0.05) is 23.2 Å². The highest BCUT2D eigenvalue weighted by atomic mass is 35.5. The largest absolute Gasteiger partial charge is 0.327 e. The number of carbonyl (C=O) groups excluding carboxylic acids is 1. The van der Waals surface area contributed by atoms with Gasteiger partial charge in [0.25, 0.3) is 0 Å². The number of fused-ring (bicyclic) bond motifs is 3. The number of nitrogens with zero attached hydrogens (tertiary/aromatic N) is 2. The third-order valence-electron chi connectivity index (χ3n) is 3.33. The van der Waals surface area contributed by atoms with E-state index in [1.165, 1.54) is 11.1 Å². The van der Waals surface area contributed by atoms with Gasteiger partial charge in [-0.3, -0.25) is 14.7 Å². The van der Waals surface area contributed by atoms with E-state index >= 15 is 0 Å². The topological polar surface area (TPSA) is 45.2 Å². The van der Waals surface area contributed by atoms with Crippen molar-refractivity contribution in [3.63, 3.8) is 0 Å². The summed E-state index contributed by atoms with van der Waals surface area (Å²) in [6.45, 7) is 1.71.